The molecule has 0 saturated carbocycles. The molecule has 0 aliphatic carbocycles. The Morgan fingerprint density at radius 2 is 1.76 bits per heavy atom. The summed E-state index contributed by atoms with van der Waals surface area (Å²) in [5.41, 5.74) is 6.77. The zero-order valence-electron chi connectivity index (χ0n) is 12.9. The molecule has 21 heavy (non-hydrogen) atoms. The van der Waals surface area contributed by atoms with Gasteiger partial charge in [0.15, 0.2) is 0 Å². The number of benzene rings is 1. The van der Waals surface area contributed by atoms with Crippen LogP contribution in [0.15, 0.2) is 24.3 Å². The molecular formula is C16H23N3O2. The Bertz CT molecular complexity index is 537. The number of carbonyl (C=O) groups is 2. The van der Waals surface area contributed by atoms with E-state index in [1.807, 2.05) is 24.3 Å². The third-order valence-corrected chi connectivity index (χ3v) is 4.12. The first kappa shape index (κ1) is 15.5. The number of amides is 2. The van der Waals surface area contributed by atoms with Crippen LogP contribution in [0.25, 0.3) is 0 Å². The van der Waals surface area contributed by atoms with Gasteiger partial charge in [-0.3, -0.25) is 9.59 Å². The summed E-state index contributed by atoms with van der Waals surface area (Å²) in [6.07, 6.45) is 0.311. The summed E-state index contributed by atoms with van der Waals surface area (Å²) in [4.78, 5) is 28.1. The average Bonchev–Trinajstić information content (AvgIpc) is 2.45. The van der Waals surface area contributed by atoms with E-state index in [-0.39, 0.29) is 11.8 Å². The van der Waals surface area contributed by atoms with Crippen LogP contribution in [-0.4, -0.2) is 47.3 Å². The first-order valence-corrected chi connectivity index (χ1v) is 7.20. The first-order valence-electron chi connectivity index (χ1n) is 7.20. The van der Waals surface area contributed by atoms with Gasteiger partial charge in [0, 0.05) is 26.7 Å². The van der Waals surface area contributed by atoms with Gasteiger partial charge in [0.05, 0.1) is 6.42 Å². The van der Waals surface area contributed by atoms with E-state index in [2.05, 4.69) is 0 Å². The fourth-order valence-corrected chi connectivity index (χ4v) is 2.71. The summed E-state index contributed by atoms with van der Waals surface area (Å²) in [5.74, 6) is -0.0254. The third kappa shape index (κ3) is 3.08. The fraction of sp³-hybridized carbons (Fsp3) is 0.500. The Morgan fingerprint density at radius 1 is 1.19 bits per heavy atom. The Hall–Kier alpha value is -1.88. The Morgan fingerprint density at radius 3 is 2.33 bits per heavy atom. The van der Waals surface area contributed by atoms with E-state index in [1.165, 1.54) is 0 Å². The van der Waals surface area contributed by atoms with Crippen LogP contribution in [0.1, 0.15) is 25.0 Å². The van der Waals surface area contributed by atoms with Crippen LogP contribution >= 0.6 is 0 Å². The number of carbonyl (C=O) groups excluding carboxylic acids is 2. The number of hydrogen-bond donors (Lipinski definition) is 1. The minimum atomic E-state index is -0.777. The number of rotatable bonds is 3. The van der Waals surface area contributed by atoms with E-state index in [0.717, 1.165) is 11.1 Å². The van der Waals surface area contributed by atoms with Crippen molar-refractivity contribution in [1.29, 1.82) is 0 Å². The highest BCUT2D eigenvalue weighted by Gasteiger charge is 2.42. The third-order valence-electron chi connectivity index (χ3n) is 4.12. The summed E-state index contributed by atoms with van der Waals surface area (Å²) in [7, 11) is 1.78. The fourth-order valence-electron chi connectivity index (χ4n) is 2.71. The molecule has 0 spiro atoms. The molecule has 1 aliphatic rings. The quantitative estimate of drug-likeness (QED) is 0.893. The molecule has 0 unspecified atom stereocenters. The average molecular weight is 289 g/mol. The topological polar surface area (TPSA) is 66.6 Å². The van der Waals surface area contributed by atoms with Crippen molar-refractivity contribution in [1.82, 2.24) is 9.80 Å². The van der Waals surface area contributed by atoms with E-state index in [4.69, 9.17) is 5.73 Å². The van der Waals surface area contributed by atoms with Crippen molar-refractivity contribution in [2.45, 2.75) is 32.4 Å². The zero-order valence-corrected chi connectivity index (χ0v) is 12.9. The van der Waals surface area contributed by atoms with Gasteiger partial charge in [0.2, 0.25) is 11.8 Å². The summed E-state index contributed by atoms with van der Waals surface area (Å²) >= 11 is 0. The lowest BCUT2D eigenvalue weighted by atomic mass is 9.96. The highest BCUT2D eigenvalue weighted by atomic mass is 16.2. The number of nitrogens with two attached hydrogens (primary N) is 1. The second-order valence-corrected chi connectivity index (χ2v) is 6.03. The number of nitrogens with zero attached hydrogens (tertiary/aromatic N) is 2. The molecule has 5 heteroatoms. The molecule has 2 N–H and O–H groups in total. The highest BCUT2D eigenvalue weighted by Crippen LogP contribution is 2.22. The number of hydrogen-bond acceptors (Lipinski definition) is 3. The molecule has 1 aromatic carbocycles. The summed E-state index contributed by atoms with van der Waals surface area (Å²) in [5, 5.41) is 0. The van der Waals surface area contributed by atoms with E-state index >= 15 is 0 Å². The van der Waals surface area contributed by atoms with Gasteiger partial charge in [-0.2, -0.15) is 0 Å². The second-order valence-electron chi connectivity index (χ2n) is 6.03. The molecule has 0 radical (unpaired) electrons. The van der Waals surface area contributed by atoms with Gasteiger partial charge in [-0.05, 0) is 25.0 Å². The second kappa shape index (κ2) is 5.85. The lowest BCUT2D eigenvalue weighted by molar-refractivity contribution is -0.156. The Labute approximate surface area is 125 Å². The smallest absolute Gasteiger partial charge is 0.247 e. The summed E-state index contributed by atoms with van der Waals surface area (Å²) in [6, 6.07) is 7.71. The van der Waals surface area contributed by atoms with E-state index in [0.29, 0.717) is 26.1 Å². The van der Waals surface area contributed by atoms with Crippen molar-refractivity contribution in [3.63, 3.8) is 0 Å². The molecule has 0 atom stereocenters. The lowest BCUT2D eigenvalue weighted by Crippen LogP contribution is -2.63. The molecule has 2 amide bonds. The maximum atomic E-state index is 12.5. The van der Waals surface area contributed by atoms with Gasteiger partial charge < -0.3 is 15.5 Å². The largest absolute Gasteiger partial charge is 0.342 e. The first-order chi connectivity index (χ1) is 9.86. The van der Waals surface area contributed by atoms with Gasteiger partial charge in [-0.15, -0.1) is 0 Å². The summed E-state index contributed by atoms with van der Waals surface area (Å²) in [6.45, 7) is 5.27. The molecule has 114 valence electrons. The van der Waals surface area contributed by atoms with Crippen molar-refractivity contribution in [2.24, 2.45) is 5.73 Å². The minimum absolute atomic E-state index is 0.0121. The standard InChI is InChI=1S/C16H23N3O2/c1-16(2)15(21)18(3)8-9-19(16)14(20)10-12-4-6-13(11-17)7-5-12/h4-7H,8-11,17H2,1-3H3. The number of piperazine rings is 1. The predicted molar refractivity (Wildman–Crippen MR) is 81.5 cm³/mol. The van der Waals surface area contributed by atoms with Crippen molar-refractivity contribution in [2.75, 3.05) is 20.1 Å². The van der Waals surface area contributed by atoms with Crippen LogP contribution in [0, 0.1) is 0 Å². The molecule has 1 aliphatic heterocycles. The molecule has 0 aromatic heterocycles. The van der Waals surface area contributed by atoms with Crippen molar-refractivity contribution >= 4 is 11.8 Å². The van der Waals surface area contributed by atoms with E-state index < -0.39 is 5.54 Å². The lowest BCUT2D eigenvalue weighted by Gasteiger charge is -2.44. The van der Waals surface area contributed by atoms with Crippen LogP contribution in [0.5, 0.6) is 0 Å². The number of likely N-dealkylation sites (N-methyl/N-ethyl adjacent to an activating group) is 1. The SMILES string of the molecule is CN1CCN(C(=O)Cc2ccc(CN)cc2)C(C)(C)C1=O. The predicted octanol–water partition coefficient (Wildman–Crippen LogP) is 0.767. The van der Waals surface area contributed by atoms with Crippen LogP contribution in [0.4, 0.5) is 0 Å². The van der Waals surface area contributed by atoms with E-state index in [1.54, 1.807) is 30.7 Å². The molecular weight excluding hydrogens is 266 g/mol. The molecule has 1 aromatic rings. The molecule has 1 saturated heterocycles. The van der Waals surface area contributed by atoms with Crippen molar-refractivity contribution < 1.29 is 9.59 Å². The van der Waals surface area contributed by atoms with Gasteiger partial charge in [-0.25, -0.2) is 0 Å². The van der Waals surface area contributed by atoms with Gasteiger partial charge in [-0.1, -0.05) is 24.3 Å². The monoisotopic (exact) mass is 289 g/mol. The Balaban J connectivity index is 2.10. The van der Waals surface area contributed by atoms with Crippen molar-refractivity contribution in [3.05, 3.63) is 35.4 Å². The minimum Gasteiger partial charge on any atom is -0.342 e. The molecule has 0 bridgehead atoms. The Kier molecular flexibility index (Phi) is 4.32. The highest BCUT2D eigenvalue weighted by molar-refractivity contribution is 5.92. The van der Waals surface area contributed by atoms with Crippen LogP contribution in [-0.2, 0) is 22.6 Å². The normalized spacial score (nSPS) is 18.0. The van der Waals surface area contributed by atoms with Gasteiger partial charge in [0.1, 0.15) is 5.54 Å². The van der Waals surface area contributed by atoms with Gasteiger partial charge in [0.25, 0.3) is 0 Å². The molecule has 5 nitrogen and oxygen atoms in total. The zero-order chi connectivity index (χ0) is 15.6. The van der Waals surface area contributed by atoms with Crippen molar-refractivity contribution in [3.8, 4) is 0 Å². The van der Waals surface area contributed by atoms with Gasteiger partial charge >= 0.3 is 0 Å². The van der Waals surface area contributed by atoms with Crippen LogP contribution in [0.3, 0.4) is 0 Å². The molecule has 2 rings (SSSR count). The van der Waals surface area contributed by atoms with Crippen LogP contribution in [0.2, 0.25) is 0 Å². The molecule has 1 fully saturated rings. The van der Waals surface area contributed by atoms with Crippen LogP contribution < -0.4 is 5.73 Å². The van der Waals surface area contributed by atoms with E-state index in [9.17, 15) is 9.59 Å². The summed E-state index contributed by atoms with van der Waals surface area (Å²) < 4.78 is 0. The maximum Gasteiger partial charge on any atom is 0.247 e. The maximum absolute atomic E-state index is 12.5. The molecule has 1 heterocycles.